The van der Waals surface area contributed by atoms with Crippen molar-refractivity contribution < 1.29 is 14.3 Å². The number of fused-ring (bicyclic) bond motifs is 1. The van der Waals surface area contributed by atoms with E-state index in [4.69, 9.17) is 10.00 Å². The first-order valence-corrected chi connectivity index (χ1v) is 8.79. The number of ether oxygens (including phenoxy) is 1. The number of benzene rings is 1. The third kappa shape index (κ3) is 4.02. The molecule has 2 aromatic heterocycles. The molecular formula is C18H14N4O4S. The number of hydrogen-bond acceptors (Lipinski definition) is 7. The molecule has 0 aliphatic carbocycles. The Labute approximate surface area is 157 Å². The van der Waals surface area contributed by atoms with Gasteiger partial charge in [0.25, 0.3) is 11.5 Å². The minimum absolute atomic E-state index is 0.334. The molecule has 0 saturated carbocycles. The number of aromatic nitrogens is 2. The molecule has 0 fully saturated rings. The predicted molar refractivity (Wildman–Crippen MR) is 99.2 cm³/mol. The Bertz CT molecular complexity index is 1110. The molecule has 1 amide bonds. The van der Waals surface area contributed by atoms with Crippen molar-refractivity contribution in [1.82, 2.24) is 9.55 Å². The number of para-hydroxylation sites is 1. The van der Waals surface area contributed by atoms with Gasteiger partial charge in [0, 0.05) is 0 Å². The van der Waals surface area contributed by atoms with E-state index in [1.807, 2.05) is 6.07 Å². The number of carbonyl (C=O) groups excluding carboxylic acids is 2. The minimum Gasteiger partial charge on any atom is -0.451 e. The summed E-state index contributed by atoms with van der Waals surface area (Å²) < 4.78 is 6.22. The van der Waals surface area contributed by atoms with Gasteiger partial charge in [-0.15, -0.1) is 11.3 Å². The molecule has 0 unspecified atom stereocenters. The molecule has 0 saturated heterocycles. The molecule has 3 rings (SSSR count). The van der Waals surface area contributed by atoms with Crippen molar-refractivity contribution in [2.24, 2.45) is 0 Å². The van der Waals surface area contributed by atoms with Gasteiger partial charge < -0.3 is 10.1 Å². The topological polar surface area (TPSA) is 114 Å². The summed E-state index contributed by atoms with van der Waals surface area (Å²) in [5.41, 5.74) is 0.497. The second kappa shape index (κ2) is 7.80. The van der Waals surface area contributed by atoms with Crippen molar-refractivity contribution in [3.05, 3.63) is 58.0 Å². The van der Waals surface area contributed by atoms with E-state index >= 15 is 0 Å². The van der Waals surface area contributed by atoms with Crippen molar-refractivity contribution in [3.63, 3.8) is 0 Å². The van der Waals surface area contributed by atoms with Crippen LogP contribution >= 0.6 is 11.3 Å². The maximum Gasteiger partial charge on any atom is 0.326 e. The van der Waals surface area contributed by atoms with E-state index < -0.39 is 18.0 Å². The Balaban J connectivity index is 1.65. The lowest BCUT2D eigenvalue weighted by atomic mass is 10.2. The van der Waals surface area contributed by atoms with Crippen molar-refractivity contribution >= 4 is 39.1 Å². The lowest BCUT2D eigenvalue weighted by Crippen LogP contribution is -2.33. The molecule has 1 aromatic carbocycles. The molecule has 1 atom stereocenters. The van der Waals surface area contributed by atoms with Crippen LogP contribution in [0.2, 0.25) is 0 Å². The molecule has 0 spiro atoms. The second-order valence-electron chi connectivity index (χ2n) is 5.59. The zero-order valence-electron chi connectivity index (χ0n) is 14.2. The number of carbonyl (C=O) groups is 2. The fourth-order valence-electron chi connectivity index (χ4n) is 2.35. The number of thiophene rings is 1. The summed E-state index contributed by atoms with van der Waals surface area (Å²) in [6.07, 6.45) is 0.178. The normalized spacial score (nSPS) is 11.6. The highest BCUT2D eigenvalue weighted by Crippen LogP contribution is 2.22. The van der Waals surface area contributed by atoms with E-state index in [0.29, 0.717) is 21.5 Å². The summed E-state index contributed by atoms with van der Waals surface area (Å²) in [6, 6.07) is 10.3. The zero-order chi connectivity index (χ0) is 19.4. The Morgan fingerprint density at radius 1 is 1.37 bits per heavy atom. The highest BCUT2D eigenvalue weighted by Gasteiger charge is 2.20. The standard InChI is InChI=1S/C18H14N4O4S/c1-11(16(24)21-17-12(8-19)6-7-27-17)26-15(23)9-22-10-20-14-5-3-2-4-13(14)18(22)25/h2-7,10-11H,9H2,1H3,(H,21,24)/t11-/m1/s1. The van der Waals surface area contributed by atoms with Crippen LogP contribution in [0.25, 0.3) is 10.9 Å². The van der Waals surface area contributed by atoms with Crippen LogP contribution in [0.5, 0.6) is 0 Å². The number of anilines is 1. The molecular weight excluding hydrogens is 368 g/mol. The van der Waals surface area contributed by atoms with E-state index in [1.165, 1.54) is 24.6 Å². The van der Waals surface area contributed by atoms with Crippen LogP contribution in [-0.2, 0) is 20.9 Å². The lowest BCUT2D eigenvalue weighted by Gasteiger charge is -2.13. The van der Waals surface area contributed by atoms with Crippen LogP contribution in [-0.4, -0.2) is 27.5 Å². The molecule has 9 heteroatoms. The monoisotopic (exact) mass is 382 g/mol. The van der Waals surface area contributed by atoms with Crippen LogP contribution in [0.15, 0.2) is 46.8 Å². The fourth-order valence-corrected chi connectivity index (χ4v) is 3.09. The molecule has 0 bridgehead atoms. The summed E-state index contributed by atoms with van der Waals surface area (Å²) in [6.45, 7) is 1.05. The van der Waals surface area contributed by atoms with Crippen LogP contribution in [0.1, 0.15) is 12.5 Å². The Morgan fingerprint density at radius 3 is 2.93 bits per heavy atom. The first-order valence-electron chi connectivity index (χ1n) is 7.91. The molecule has 2 heterocycles. The van der Waals surface area contributed by atoms with Crippen molar-refractivity contribution in [1.29, 1.82) is 5.26 Å². The highest BCUT2D eigenvalue weighted by molar-refractivity contribution is 7.14. The Kier molecular flexibility index (Phi) is 5.28. The molecule has 0 aliphatic heterocycles. The van der Waals surface area contributed by atoms with Crippen molar-refractivity contribution in [3.8, 4) is 6.07 Å². The zero-order valence-corrected chi connectivity index (χ0v) is 15.0. The number of esters is 1. The lowest BCUT2D eigenvalue weighted by molar-refractivity contribution is -0.153. The molecule has 0 aliphatic rings. The van der Waals surface area contributed by atoms with Crippen LogP contribution in [0.4, 0.5) is 5.00 Å². The van der Waals surface area contributed by atoms with Gasteiger partial charge in [-0.1, -0.05) is 12.1 Å². The number of nitrogens with one attached hydrogen (secondary N) is 1. The van der Waals surface area contributed by atoms with Gasteiger partial charge in [0.2, 0.25) is 0 Å². The van der Waals surface area contributed by atoms with E-state index in [1.54, 1.807) is 35.7 Å². The number of rotatable bonds is 5. The van der Waals surface area contributed by atoms with Gasteiger partial charge in [0.05, 0.1) is 22.8 Å². The summed E-state index contributed by atoms with van der Waals surface area (Å²) >= 11 is 1.20. The summed E-state index contributed by atoms with van der Waals surface area (Å²) in [4.78, 5) is 40.7. The highest BCUT2D eigenvalue weighted by atomic mass is 32.1. The molecule has 1 N–H and O–H groups in total. The van der Waals surface area contributed by atoms with Gasteiger partial charge >= 0.3 is 5.97 Å². The third-order valence-electron chi connectivity index (χ3n) is 3.73. The summed E-state index contributed by atoms with van der Waals surface area (Å²) in [5.74, 6) is -1.31. The van der Waals surface area contributed by atoms with Crippen LogP contribution in [0, 0.1) is 11.3 Å². The quantitative estimate of drug-likeness (QED) is 0.674. The minimum atomic E-state index is -1.09. The smallest absolute Gasteiger partial charge is 0.326 e. The van der Waals surface area contributed by atoms with Gasteiger partial charge in [-0.05, 0) is 30.5 Å². The number of nitrogens with zero attached hydrogens (tertiary/aromatic N) is 3. The van der Waals surface area contributed by atoms with E-state index in [0.717, 1.165) is 4.57 Å². The first kappa shape index (κ1) is 18.3. The molecule has 3 aromatic rings. The predicted octanol–water partition coefficient (Wildman–Crippen LogP) is 1.90. The third-order valence-corrected chi connectivity index (χ3v) is 4.56. The SMILES string of the molecule is C[C@@H](OC(=O)Cn1cnc2ccccc2c1=O)C(=O)Nc1sccc1C#N. The Hall–Kier alpha value is -3.51. The first-order chi connectivity index (χ1) is 13.0. The van der Waals surface area contributed by atoms with Gasteiger partial charge in [0.1, 0.15) is 17.6 Å². The number of hydrogen-bond donors (Lipinski definition) is 1. The van der Waals surface area contributed by atoms with Crippen molar-refractivity contribution in [2.45, 2.75) is 19.6 Å². The van der Waals surface area contributed by atoms with Gasteiger partial charge in [-0.3, -0.25) is 19.0 Å². The fraction of sp³-hybridized carbons (Fsp3) is 0.167. The largest absolute Gasteiger partial charge is 0.451 e. The molecule has 8 nitrogen and oxygen atoms in total. The van der Waals surface area contributed by atoms with E-state index in [2.05, 4.69) is 10.3 Å². The van der Waals surface area contributed by atoms with Crippen LogP contribution < -0.4 is 10.9 Å². The van der Waals surface area contributed by atoms with Crippen LogP contribution in [0.3, 0.4) is 0 Å². The number of amides is 1. The second-order valence-corrected chi connectivity index (χ2v) is 6.51. The maximum absolute atomic E-state index is 12.4. The summed E-state index contributed by atoms with van der Waals surface area (Å²) in [5, 5.41) is 13.9. The Morgan fingerprint density at radius 2 is 2.15 bits per heavy atom. The van der Waals surface area contributed by atoms with Gasteiger partial charge in [0.15, 0.2) is 6.10 Å². The van der Waals surface area contributed by atoms with Crippen molar-refractivity contribution in [2.75, 3.05) is 5.32 Å². The summed E-state index contributed by atoms with van der Waals surface area (Å²) in [7, 11) is 0. The molecule has 27 heavy (non-hydrogen) atoms. The maximum atomic E-state index is 12.4. The van der Waals surface area contributed by atoms with Gasteiger partial charge in [-0.25, -0.2) is 4.98 Å². The van der Waals surface area contributed by atoms with Gasteiger partial charge in [-0.2, -0.15) is 5.26 Å². The number of nitriles is 1. The van der Waals surface area contributed by atoms with E-state index in [9.17, 15) is 14.4 Å². The molecule has 0 radical (unpaired) electrons. The average molecular weight is 382 g/mol. The van der Waals surface area contributed by atoms with E-state index in [-0.39, 0.29) is 12.1 Å². The molecule has 136 valence electrons. The average Bonchev–Trinajstić information content (AvgIpc) is 3.11.